The number of benzene rings is 2. The van der Waals surface area contributed by atoms with Gasteiger partial charge in [-0.15, -0.1) is 0 Å². The van der Waals surface area contributed by atoms with Crippen LogP contribution in [0.25, 0.3) is 0 Å². The molecule has 3 aliphatic rings. The number of hydrogen-bond acceptors (Lipinski definition) is 5. The Labute approximate surface area is 195 Å². The standard InChI is InChI=1S/C26H32N4O3/c1-33-24-8-3-2-7-23(24)30-15-13-29(14-16-30)22-12-11-20(28-25(31)18-5-4-6-18)17-21(22)26(32)27-19-9-10-19/h2-3,7-8,11-12,17-19H,4-6,9-10,13-16H2,1H3,(H,27,32)(H,28,31). The van der Waals surface area contributed by atoms with E-state index < -0.39 is 0 Å². The van der Waals surface area contributed by atoms with Crippen LogP contribution in [-0.2, 0) is 4.79 Å². The Morgan fingerprint density at radius 1 is 0.909 bits per heavy atom. The normalized spacial score (nSPS) is 18.5. The van der Waals surface area contributed by atoms with Crippen molar-refractivity contribution < 1.29 is 14.3 Å². The maximum atomic E-state index is 13.1. The van der Waals surface area contributed by atoms with Gasteiger partial charge in [-0.2, -0.15) is 0 Å². The molecule has 2 aliphatic carbocycles. The SMILES string of the molecule is COc1ccccc1N1CCN(c2ccc(NC(=O)C3CCC3)cc2C(=O)NC2CC2)CC1. The monoisotopic (exact) mass is 448 g/mol. The molecule has 174 valence electrons. The molecule has 2 N–H and O–H groups in total. The molecule has 33 heavy (non-hydrogen) atoms. The Morgan fingerprint density at radius 2 is 1.61 bits per heavy atom. The number of carbonyl (C=O) groups is 2. The van der Waals surface area contributed by atoms with Crippen LogP contribution in [0.4, 0.5) is 17.1 Å². The van der Waals surface area contributed by atoms with Gasteiger partial charge in [-0.25, -0.2) is 0 Å². The van der Waals surface area contributed by atoms with Crippen LogP contribution in [0.15, 0.2) is 42.5 Å². The molecule has 1 saturated heterocycles. The van der Waals surface area contributed by atoms with Crippen LogP contribution >= 0.6 is 0 Å². The summed E-state index contributed by atoms with van der Waals surface area (Å²) in [6.45, 7) is 3.28. The number of para-hydroxylation sites is 2. The molecule has 0 atom stereocenters. The lowest BCUT2D eigenvalue weighted by molar-refractivity contribution is -0.122. The van der Waals surface area contributed by atoms with E-state index >= 15 is 0 Å². The number of piperazine rings is 1. The first kappa shape index (κ1) is 21.6. The average molecular weight is 449 g/mol. The summed E-state index contributed by atoms with van der Waals surface area (Å²) in [5, 5.41) is 6.14. The van der Waals surface area contributed by atoms with Gasteiger partial charge in [0, 0.05) is 49.5 Å². The number of hydrogen-bond donors (Lipinski definition) is 2. The number of nitrogens with one attached hydrogen (secondary N) is 2. The summed E-state index contributed by atoms with van der Waals surface area (Å²) in [7, 11) is 1.70. The first-order valence-electron chi connectivity index (χ1n) is 12.0. The van der Waals surface area contributed by atoms with Crippen molar-refractivity contribution in [2.75, 3.05) is 48.4 Å². The van der Waals surface area contributed by atoms with Gasteiger partial charge in [-0.3, -0.25) is 9.59 Å². The van der Waals surface area contributed by atoms with Crippen LogP contribution in [0.3, 0.4) is 0 Å². The average Bonchev–Trinajstić information content (AvgIpc) is 3.62. The molecule has 1 aliphatic heterocycles. The lowest BCUT2D eigenvalue weighted by Crippen LogP contribution is -2.47. The zero-order valence-electron chi connectivity index (χ0n) is 19.2. The van der Waals surface area contributed by atoms with Crippen LogP contribution in [-0.4, -0.2) is 51.1 Å². The summed E-state index contributed by atoms with van der Waals surface area (Å²) in [5.41, 5.74) is 3.36. The van der Waals surface area contributed by atoms with E-state index in [2.05, 4.69) is 26.5 Å². The topological polar surface area (TPSA) is 73.9 Å². The highest BCUT2D eigenvalue weighted by Crippen LogP contribution is 2.32. The van der Waals surface area contributed by atoms with Crippen molar-refractivity contribution in [2.45, 2.75) is 38.1 Å². The largest absolute Gasteiger partial charge is 0.495 e. The van der Waals surface area contributed by atoms with Crippen molar-refractivity contribution in [2.24, 2.45) is 5.92 Å². The van der Waals surface area contributed by atoms with Crippen molar-refractivity contribution >= 4 is 28.9 Å². The number of amides is 2. The van der Waals surface area contributed by atoms with Crippen molar-refractivity contribution in [3.63, 3.8) is 0 Å². The van der Waals surface area contributed by atoms with E-state index in [1.807, 2.05) is 36.4 Å². The number of methoxy groups -OCH3 is 1. The molecular formula is C26H32N4O3. The molecule has 7 heteroatoms. The van der Waals surface area contributed by atoms with E-state index in [0.717, 1.165) is 75.4 Å². The Kier molecular flexibility index (Phi) is 6.11. The third-order valence-corrected chi connectivity index (χ3v) is 6.94. The first-order valence-corrected chi connectivity index (χ1v) is 12.0. The minimum absolute atomic E-state index is 0.0561. The predicted molar refractivity (Wildman–Crippen MR) is 130 cm³/mol. The van der Waals surface area contributed by atoms with Gasteiger partial charge in [0.1, 0.15) is 5.75 Å². The second kappa shape index (κ2) is 9.33. The number of rotatable bonds is 7. The van der Waals surface area contributed by atoms with Crippen LogP contribution in [0, 0.1) is 5.92 Å². The van der Waals surface area contributed by atoms with Gasteiger partial charge in [0.2, 0.25) is 5.91 Å². The Balaban J connectivity index is 1.33. The molecule has 3 fully saturated rings. The van der Waals surface area contributed by atoms with E-state index in [9.17, 15) is 9.59 Å². The second-order valence-corrected chi connectivity index (χ2v) is 9.24. The number of ether oxygens (including phenoxy) is 1. The fourth-order valence-electron chi connectivity index (χ4n) is 4.56. The highest BCUT2D eigenvalue weighted by atomic mass is 16.5. The van der Waals surface area contributed by atoms with Crippen LogP contribution in [0.5, 0.6) is 5.75 Å². The summed E-state index contributed by atoms with van der Waals surface area (Å²) in [6, 6.07) is 14.1. The molecule has 1 heterocycles. The predicted octanol–water partition coefficient (Wildman–Crippen LogP) is 3.65. The van der Waals surface area contributed by atoms with E-state index in [-0.39, 0.29) is 23.8 Å². The molecule has 5 rings (SSSR count). The van der Waals surface area contributed by atoms with Crippen molar-refractivity contribution in [3.8, 4) is 5.75 Å². The highest BCUT2D eigenvalue weighted by Gasteiger charge is 2.29. The van der Waals surface area contributed by atoms with Gasteiger partial charge in [-0.05, 0) is 56.0 Å². The number of carbonyl (C=O) groups excluding carboxylic acids is 2. The molecule has 0 unspecified atom stereocenters. The summed E-state index contributed by atoms with van der Waals surface area (Å²) in [4.78, 5) is 30.1. The van der Waals surface area contributed by atoms with Gasteiger partial charge in [0.15, 0.2) is 0 Å². The van der Waals surface area contributed by atoms with E-state index in [1.54, 1.807) is 7.11 Å². The Hall–Kier alpha value is -3.22. The molecule has 2 amide bonds. The Bertz CT molecular complexity index is 1020. The molecule has 0 aromatic heterocycles. The lowest BCUT2D eigenvalue weighted by atomic mass is 9.85. The highest BCUT2D eigenvalue weighted by molar-refractivity contribution is 6.02. The quantitative estimate of drug-likeness (QED) is 0.676. The molecular weight excluding hydrogens is 416 g/mol. The van der Waals surface area contributed by atoms with Crippen molar-refractivity contribution in [1.29, 1.82) is 0 Å². The van der Waals surface area contributed by atoms with E-state index in [4.69, 9.17) is 4.74 Å². The summed E-state index contributed by atoms with van der Waals surface area (Å²) < 4.78 is 5.53. The zero-order chi connectivity index (χ0) is 22.8. The third-order valence-electron chi connectivity index (χ3n) is 6.94. The molecule has 0 radical (unpaired) electrons. The molecule has 2 saturated carbocycles. The first-order chi connectivity index (χ1) is 16.1. The molecule has 0 spiro atoms. The lowest BCUT2D eigenvalue weighted by Gasteiger charge is -2.38. The molecule has 2 aromatic rings. The summed E-state index contributed by atoms with van der Waals surface area (Å²) in [5.74, 6) is 0.992. The van der Waals surface area contributed by atoms with Crippen LogP contribution in [0.1, 0.15) is 42.5 Å². The van der Waals surface area contributed by atoms with Gasteiger partial charge >= 0.3 is 0 Å². The van der Waals surface area contributed by atoms with Gasteiger partial charge < -0.3 is 25.2 Å². The van der Waals surface area contributed by atoms with Crippen LogP contribution < -0.4 is 25.2 Å². The second-order valence-electron chi connectivity index (χ2n) is 9.24. The van der Waals surface area contributed by atoms with Gasteiger partial charge in [0.05, 0.1) is 18.4 Å². The number of anilines is 3. The smallest absolute Gasteiger partial charge is 0.253 e. The zero-order valence-corrected chi connectivity index (χ0v) is 19.2. The summed E-state index contributed by atoms with van der Waals surface area (Å²) in [6.07, 6.45) is 5.10. The minimum Gasteiger partial charge on any atom is -0.495 e. The fraction of sp³-hybridized carbons (Fsp3) is 0.462. The van der Waals surface area contributed by atoms with Crippen molar-refractivity contribution in [3.05, 3.63) is 48.0 Å². The summed E-state index contributed by atoms with van der Waals surface area (Å²) >= 11 is 0. The minimum atomic E-state index is -0.0561. The third kappa shape index (κ3) is 4.77. The fourth-order valence-corrected chi connectivity index (χ4v) is 4.56. The van der Waals surface area contributed by atoms with E-state index in [0.29, 0.717) is 11.3 Å². The maximum Gasteiger partial charge on any atom is 0.253 e. The van der Waals surface area contributed by atoms with Crippen LogP contribution in [0.2, 0.25) is 0 Å². The Morgan fingerprint density at radius 3 is 2.24 bits per heavy atom. The molecule has 0 bridgehead atoms. The molecule has 2 aromatic carbocycles. The van der Waals surface area contributed by atoms with E-state index in [1.165, 1.54) is 0 Å². The number of nitrogens with zero attached hydrogens (tertiary/aromatic N) is 2. The van der Waals surface area contributed by atoms with Gasteiger partial charge in [-0.1, -0.05) is 18.6 Å². The van der Waals surface area contributed by atoms with Gasteiger partial charge in [0.25, 0.3) is 5.91 Å². The maximum absolute atomic E-state index is 13.1. The van der Waals surface area contributed by atoms with Crippen molar-refractivity contribution in [1.82, 2.24) is 5.32 Å². The molecule has 7 nitrogen and oxygen atoms in total.